The van der Waals surface area contributed by atoms with Gasteiger partial charge in [0.2, 0.25) is 11.9 Å². The van der Waals surface area contributed by atoms with Crippen molar-refractivity contribution in [3.8, 4) is 0 Å². The van der Waals surface area contributed by atoms with Gasteiger partial charge in [-0.05, 0) is 58.7 Å². The van der Waals surface area contributed by atoms with E-state index in [-0.39, 0.29) is 23.8 Å². The van der Waals surface area contributed by atoms with Crippen molar-refractivity contribution in [2.45, 2.75) is 38.6 Å². The van der Waals surface area contributed by atoms with Gasteiger partial charge in [0.25, 0.3) is 0 Å². The van der Waals surface area contributed by atoms with E-state index in [1.54, 1.807) is 17.2 Å². The second-order valence-electron chi connectivity index (χ2n) is 12.5. The van der Waals surface area contributed by atoms with Gasteiger partial charge < -0.3 is 9.95 Å². The van der Waals surface area contributed by atoms with Crippen molar-refractivity contribution in [1.82, 2.24) is 15.6 Å². The van der Waals surface area contributed by atoms with Gasteiger partial charge in [-0.1, -0.05) is 92.7 Å². The maximum Gasteiger partial charge on any atom is 0.237 e. The molecular weight excluding hydrogens is 565 g/mol. The quantitative estimate of drug-likeness (QED) is 0.232. The second-order valence-corrected chi connectivity index (χ2v) is 12.5. The molecule has 0 saturated heterocycles. The SMILES string of the molecule is CC(C)(C)c1cc(N(C(=O)Cc2ccc(C3NN=C4C=C(c5ccc(F)nc5)C=C5C=CC=CC543)cc2)c2ccccc2)no1. The summed E-state index contributed by atoms with van der Waals surface area (Å²) in [5, 5.41) is 9.02. The van der Waals surface area contributed by atoms with Crippen LogP contribution in [0.4, 0.5) is 15.9 Å². The molecule has 3 heterocycles. The van der Waals surface area contributed by atoms with Crippen molar-refractivity contribution in [2.24, 2.45) is 10.5 Å². The zero-order valence-corrected chi connectivity index (χ0v) is 25.2. The number of carbonyl (C=O) groups is 1. The first kappa shape index (κ1) is 28.4. The fraction of sp³-hybridized carbons (Fsp3) is 0.189. The maximum atomic E-state index is 13.8. The highest BCUT2D eigenvalue weighted by molar-refractivity contribution is 6.13. The van der Waals surface area contributed by atoms with E-state index in [4.69, 9.17) is 9.62 Å². The van der Waals surface area contributed by atoms with Gasteiger partial charge >= 0.3 is 0 Å². The highest BCUT2D eigenvalue weighted by Crippen LogP contribution is 2.52. The molecule has 2 aliphatic carbocycles. The van der Waals surface area contributed by atoms with E-state index < -0.39 is 11.4 Å². The Morgan fingerprint density at radius 3 is 2.53 bits per heavy atom. The van der Waals surface area contributed by atoms with Crippen LogP contribution in [0.5, 0.6) is 0 Å². The molecule has 2 atom stereocenters. The first-order valence-corrected chi connectivity index (χ1v) is 14.9. The summed E-state index contributed by atoms with van der Waals surface area (Å²) in [6.45, 7) is 6.14. The number of carbonyl (C=O) groups excluding carboxylic acids is 1. The number of nitrogens with one attached hydrogen (secondary N) is 1. The topological polar surface area (TPSA) is 83.6 Å². The second kappa shape index (κ2) is 11.0. The lowest BCUT2D eigenvalue weighted by atomic mass is 9.64. The lowest BCUT2D eigenvalue weighted by molar-refractivity contribution is -0.117. The highest BCUT2D eigenvalue weighted by atomic mass is 19.1. The number of allylic oxidation sites excluding steroid dienone is 6. The van der Waals surface area contributed by atoms with Crippen LogP contribution < -0.4 is 10.3 Å². The Bertz CT molecular complexity index is 1910. The summed E-state index contributed by atoms with van der Waals surface area (Å²) in [6, 6.07) is 22.4. The number of rotatable bonds is 6. The molecule has 3 aliphatic rings. The van der Waals surface area contributed by atoms with Crippen molar-refractivity contribution in [1.29, 1.82) is 0 Å². The first-order valence-electron chi connectivity index (χ1n) is 14.9. The van der Waals surface area contributed by atoms with E-state index >= 15 is 0 Å². The minimum Gasteiger partial charge on any atom is -0.359 e. The number of anilines is 2. The number of hydrogen-bond donors (Lipinski definition) is 1. The van der Waals surface area contributed by atoms with Gasteiger partial charge in [0.05, 0.1) is 29.3 Å². The van der Waals surface area contributed by atoms with Crippen LogP contribution in [-0.4, -0.2) is 21.8 Å². The van der Waals surface area contributed by atoms with Crippen LogP contribution >= 0.6 is 0 Å². The number of aromatic nitrogens is 2. The first-order chi connectivity index (χ1) is 21.7. The fourth-order valence-corrected chi connectivity index (χ4v) is 6.09. The van der Waals surface area contributed by atoms with Crippen LogP contribution in [0.2, 0.25) is 0 Å². The molecule has 2 aromatic carbocycles. The lowest BCUT2D eigenvalue weighted by Gasteiger charge is -2.38. The summed E-state index contributed by atoms with van der Waals surface area (Å²) >= 11 is 0. The van der Waals surface area contributed by atoms with Gasteiger partial charge in [-0.25, -0.2) is 4.98 Å². The highest BCUT2D eigenvalue weighted by Gasteiger charge is 2.49. The largest absolute Gasteiger partial charge is 0.359 e. The van der Waals surface area contributed by atoms with Crippen molar-refractivity contribution in [3.63, 3.8) is 0 Å². The summed E-state index contributed by atoms with van der Waals surface area (Å²) in [5.41, 5.74) is 9.00. The predicted octanol–water partition coefficient (Wildman–Crippen LogP) is 7.55. The Hall–Kier alpha value is -5.37. The third kappa shape index (κ3) is 5.12. The summed E-state index contributed by atoms with van der Waals surface area (Å²) in [6.07, 6.45) is 14.2. The van der Waals surface area contributed by atoms with Crippen LogP contribution in [0, 0.1) is 11.4 Å². The molecule has 0 bridgehead atoms. The van der Waals surface area contributed by atoms with E-state index in [9.17, 15) is 9.18 Å². The van der Waals surface area contributed by atoms with Crippen LogP contribution in [0.1, 0.15) is 49.3 Å². The number of amides is 1. The minimum absolute atomic E-state index is 0.114. The molecule has 224 valence electrons. The van der Waals surface area contributed by atoms with Crippen molar-refractivity contribution in [2.75, 3.05) is 4.90 Å². The van der Waals surface area contributed by atoms with Crippen LogP contribution in [0.25, 0.3) is 5.57 Å². The molecule has 0 radical (unpaired) electrons. The summed E-state index contributed by atoms with van der Waals surface area (Å²) in [5.74, 6) is 0.545. The zero-order chi connectivity index (χ0) is 31.2. The maximum absolute atomic E-state index is 13.8. The number of halogens is 1. The average Bonchev–Trinajstić information content (AvgIpc) is 3.67. The number of hydrazone groups is 1. The van der Waals surface area contributed by atoms with Gasteiger partial charge in [0, 0.05) is 23.2 Å². The molecule has 0 fully saturated rings. The Morgan fingerprint density at radius 2 is 1.82 bits per heavy atom. The van der Waals surface area contributed by atoms with Crippen molar-refractivity contribution < 1.29 is 13.7 Å². The van der Waals surface area contributed by atoms with Gasteiger partial charge in [-0.2, -0.15) is 9.49 Å². The predicted molar refractivity (Wildman–Crippen MR) is 173 cm³/mol. The smallest absolute Gasteiger partial charge is 0.237 e. The summed E-state index contributed by atoms with van der Waals surface area (Å²) < 4.78 is 19.1. The molecule has 1 amide bonds. The summed E-state index contributed by atoms with van der Waals surface area (Å²) in [7, 11) is 0. The van der Waals surface area contributed by atoms with Gasteiger partial charge in [0.15, 0.2) is 5.82 Å². The van der Waals surface area contributed by atoms with Gasteiger partial charge in [-0.3, -0.25) is 9.69 Å². The summed E-state index contributed by atoms with van der Waals surface area (Å²) in [4.78, 5) is 19.3. The molecular formula is C37H32FN5O2. The Labute approximate surface area is 261 Å². The Morgan fingerprint density at radius 1 is 1.02 bits per heavy atom. The Balaban J connectivity index is 1.14. The standard InChI is InChI=1S/C37H32FN5O2/c1-36(2,3)31-22-33(42-45-31)43(29-10-5-4-6-11-29)34(44)19-24-12-14-25(15-13-24)35-37-18-8-7-9-28(37)20-27(21-30(37)40-41-35)26-16-17-32(38)39-23-26/h4-18,20-23,35,41H,19H2,1-3H3. The van der Waals surface area contributed by atoms with Crippen molar-refractivity contribution >= 4 is 28.7 Å². The number of nitrogens with zero attached hydrogens (tertiary/aromatic N) is 4. The third-order valence-corrected chi connectivity index (χ3v) is 8.48. The molecule has 4 aromatic rings. The number of pyridine rings is 1. The van der Waals surface area contributed by atoms with Crippen LogP contribution in [-0.2, 0) is 16.6 Å². The zero-order valence-electron chi connectivity index (χ0n) is 25.2. The Kier molecular flexibility index (Phi) is 6.92. The fourth-order valence-electron chi connectivity index (χ4n) is 6.09. The average molecular weight is 598 g/mol. The number of benzene rings is 2. The normalized spacial score (nSPS) is 20.0. The number of hydrogen-bond acceptors (Lipinski definition) is 6. The van der Waals surface area contributed by atoms with E-state index in [0.717, 1.165) is 39.2 Å². The number of para-hydroxylation sites is 1. The van der Waals surface area contributed by atoms with E-state index in [0.29, 0.717) is 11.6 Å². The van der Waals surface area contributed by atoms with Crippen molar-refractivity contribution in [3.05, 3.63) is 149 Å². The van der Waals surface area contributed by atoms with E-state index in [2.05, 4.69) is 45.9 Å². The molecule has 0 saturated carbocycles. The molecule has 8 heteroatoms. The van der Waals surface area contributed by atoms with E-state index in [1.807, 2.05) is 87.5 Å². The molecule has 1 spiro atoms. The van der Waals surface area contributed by atoms with E-state index in [1.165, 1.54) is 6.07 Å². The van der Waals surface area contributed by atoms with Gasteiger partial charge in [-0.15, -0.1) is 0 Å². The molecule has 2 unspecified atom stereocenters. The molecule has 1 N–H and O–H groups in total. The molecule has 2 aromatic heterocycles. The molecule has 45 heavy (non-hydrogen) atoms. The monoisotopic (exact) mass is 597 g/mol. The molecule has 7 rings (SSSR count). The van der Waals surface area contributed by atoms with Gasteiger partial charge in [0.1, 0.15) is 5.76 Å². The minimum atomic E-state index is -0.511. The van der Waals surface area contributed by atoms with Crippen LogP contribution in [0.3, 0.4) is 0 Å². The molecule has 1 aliphatic heterocycles. The third-order valence-electron chi connectivity index (χ3n) is 8.48. The molecule has 7 nitrogen and oxygen atoms in total. The van der Waals surface area contributed by atoms with Crippen LogP contribution in [0.15, 0.2) is 131 Å². The lowest BCUT2D eigenvalue weighted by Crippen LogP contribution is -2.37.